The van der Waals surface area contributed by atoms with E-state index in [0.29, 0.717) is 0 Å². The normalized spacial score (nSPS) is 13.5. The van der Waals surface area contributed by atoms with E-state index in [0.717, 1.165) is 12.1 Å². The lowest BCUT2D eigenvalue weighted by molar-refractivity contribution is 0.217. The zero-order chi connectivity index (χ0) is 9.84. The van der Waals surface area contributed by atoms with Crippen LogP contribution >= 0.6 is 0 Å². The van der Waals surface area contributed by atoms with E-state index in [1.165, 1.54) is 18.2 Å². The molecule has 0 amide bonds. The minimum absolute atomic E-state index is 0.305. The fraction of sp³-hybridized carbons (Fsp3) is 0.200. The lowest BCUT2D eigenvalue weighted by Gasteiger charge is -2.07. The molecule has 1 rings (SSSR count). The summed E-state index contributed by atoms with van der Waals surface area (Å²) in [6.45, 7) is 1.67. The van der Waals surface area contributed by atoms with Crippen LogP contribution in [-0.4, -0.2) is 5.11 Å². The number of aliphatic hydroxyl groups excluding tert-OH is 1. The third-order valence-electron chi connectivity index (χ3n) is 1.67. The van der Waals surface area contributed by atoms with Gasteiger partial charge < -0.3 is 5.11 Å². The van der Waals surface area contributed by atoms with Gasteiger partial charge >= 0.3 is 0 Å². The summed E-state index contributed by atoms with van der Waals surface area (Å²) in [7, 11) is 0. The average molecular weight is 184 g/mol. The van der Waals surface area contributed by atoms with Crippen molar-refractivity contribution in [3.8, 4) is 0 Å². The highest BCUT2D eigenvalue weighted by Crippen LogP contribution is 2.21. The lowest BCUT2D eigenvalue weighted by atomic mass is 10.1. The number of aliphatic hydroxyl groups is 1. The SMILES string of the molecule is C/C=C/C(O)c1c(F)cccc1F. The van der Waals surface area contributed by atoms with Crippen molar-refractivity contribution >= 4 is 0 Å². The van der Waals surface area contributed by atoms with E-state index in [4.69, 9.17) is 0 Å². The van der Waals surface area contributed by atoms with E-state index < -0.39 is 17.7 Å². The van der Waals surface area contributed by atoms with Crippen molar-refractivity contribution in [1.82, 2.24) is 0 Å². The van der Waals surface area contributed by atoms with Gasteiger partial charge in [-0.2, -0.15) is 0 Å². The zero-order valence-corrected chi connectivity index (χ0v) is 7.17. The maximum Gasteiger partial charge on any atom is 0.132 e. The minimum Gasteiger partial charge on any atom is -0.384 e. The first-order valence-electron chi connectivity index (χ1n) is 3.91. The molecule has 1 aromatic carbocycles. The topological polar surface area (TPSA) is 20.2 Å². The Morgan fingerprint density at radius 1 is 1.31 bits per heavy atom. The van der Waals surface area contributed by atoms with Gasteiger partial charge in [0.15, 0.2) is 0 Å². The van der Waals surface area contributed by atoms with Crippen LogP contribution in [0.1, 0.15) is 18.6 Å². The van der Waals surface area contributed by atoms with Gasteiger partial charge in [-0.15, -0.1) is 0 Å². The fourth-order valence-electron chi connectivity index (χ4n) is 1.07. The Kier molecular flexibility index (Phi) is 3.14. The fourth-order valence-corrected chi connectivity index (χ4v) is 1.07. The first kappa shape index (κ1) is 9.86. The number of allylic oxidation sites excluding steroid dienone is 1. The molecule has 1 unspecified atom stereocenters. The quantitative estimate of drug-likeness (QED) is 0.700. The van der Waals surface area contributed by atoms with Gasteiger partial charge in [0, 0.05) is 0 Å². The van der Waals surface area contributed by atoms with E-state index in [1.54, 1.807) is 6.92 Å². The molecule has 1 aromatic rings. The molecule has 70 valence electrons. The number of halogens is 2. The number of hydrogen-bond donors (Lipinski definition) is 1. The van der Waals surface area contributed by atoms with E-state index in [1.807, 2.05) is 0 Å². The molecule has 0 fully saturated rings. The summed E-state index contributed by atoms with van der Waals surface area (Å²) in [4.78, 5) is 0. The van der Waals surface area contributed by atoms with Gasteiger partial charge in [0.05, 0.1) is 5.56 Å². The van der Waals surface area contributed by atoms with E-state index in [-0.39, 0.29) is 5.56 Å². The van der Waals surface area contributed by atoms with Gasteiger partial charge in [-0.3, -0.25) is 0 Å². The van der Waals surface area contributed by atoms with Gasteiger partial charge in [0.1, 0.15) is 17.7 Å². The van der Waals surface area contributed by atoms with Crippen LogP contribution in [-0.2, 0) is 0 Å². The molecule has 1 N–H and O–H groups in total. The third kappa shape index (κ3) is 2.12. The van der Waals surface area contributed by atoms with Gasteiger partial charge in [-0.05, 0) is 19.1 Å². The van der Waals surface area contributed by atoms with Crippen molar-refractivity contribution in [2.75, 3.05) is 0 Å². The van der Waals surface area contributed by atoms with Gasteiger partial charge in [0.25, 0.3) is 0 Å². The highest BCUT2D eigenvalue weighted by atomic mass is 19.1. The second-order valence-corrected chi connectivity index (χ2v) is 2.61. The summed E-state index contributed by atoms with van der Waals surface area (Å²) in [5.74, 6) is -1.46. The van der Waals surface area contributed by atoms with Gasteiger partial charge in [0.2, 0.25) is 0 Å². The lowest BCUT2D eigenvalue weighted by Crippen LogP contribution is -2.00. The predicted molar refractivity (Wildman–Crippen MR) is 46.1 cm³/mol. The molecule has 0 saturated carbocycles. The number of benzene rings is 1. The summed E-state index contributed by atoms with van der Waals surface area (Å²) >= 11 is 0. The summed E-state index contributed by atoms with van der Waals surface area (Å²) in [6, 6.07) is 3.49. The van der Waals surface area contributed by atoms with E-state index >= 15 is 0 Å². The molecule has 0 bridgehead atoms. The summed E-state index contributed by atoms with van der Waals surface area (Å²) in [5, 5.41) is 9.32. The Morgan fingerprint density at radius 3 is 2.31 bits per heavy atom. The Balaban J connectivity index is 3.12. The molecule has 0 saturated heterocycles. The van der Waals surface area contributed by atoms with Crippen LogP contribution in [0.5, 0.6) is 0 Å². The molecule has 13 heavy (non-hydrogen) atoms. The van der Waals surface area contributed by atoms with Gasteiger partial charge in [-0.1, -0.05) is 18.2 Å². The van der Waals surface area contributed by atoms with Crippen LogP contribution in [0.25, 0.3) is 0 Å². The highest BCUT2D eigenvalue weighted by molar-refractivity contribution is 5.24. The molecule has 0 aliphatic rings. The van der Waals surface area contributed by atoms with Crippen molar-refractivity contribution in [3.63, 3.8) is 0 Å². The predicted octanol–water partition coefficient (Wildman–Crippen LogP) is 2.57. The molecule has 0 aliphatic heterocycles. The maximum absolute atomic E-state index is 13.0. The van der Waals surface area contributed by atoms with Crippen molar-refractivity contribution in [2.24, 2.45) is 0 Å². The second-order valence-electron chi connectivity index (χ2n) is 2.61. The second kappa shape index (κ2) is 4.14. The average Bonchev–Trinajstić information content (AvgIpc) is 2.04. The smallest absolute Gasteiger partial charge is 0.132 e. The van der Waals surface area contributed by atoms with Crippen LogP contribution < -0.4 is 0 Å². The molecule has 0 spiro atoms. The first-order chi connectivity index (χ1) is 6.16. The molecule has 0 radical (unpaired) electrons. The monoisotopic (exact) mass is 184 g/mol. The first-order valence-corrected chi connectivity index (χ1v) is 3.91. The molecule has 3 heteroatoms. The zero-order valence-electron chi connectivity index (χ0n) is 7.17. The highest BCUT2D eigenvalue weighted by Gasteiger charge is 2.14. The number of hydrogen-bond acceptors (Lipinski definition) is 1. The maximum atomic E-state index is 13.0. The largest absolute Gasteiger partial charge is 0.384 e. The van der Waals surface area contributed by atoms with Crippen LogP contribution in [0.15, 0.2) is 30.4 Å². The summed E-state index contributed by atoms with van der Waals surface area (Å²) < 4.78 is 26.0. The third-order valence-corrected chi connectivity index (χ3v) is 1.67. The minimum atomic E-state index is -1.22. The van der Waals surface area contributed by atoms with Crippen molar-refractivity contribution < 1.29 is 13.9 Å². The van der Waals surface area contributed by atoms with Crippen LogP contribution in [0.2, 0.25) is 0 Å². The molecule has 0 aromatic heterocycles. The van der Waals surface area contributed by atoms with Crippen LogP contribution in [0.4, 0.5) is 8.78 Å². The molecule has 0 heterocycles. The molecule has 1 nitrogen and oxygen atoms in total. The van der Waals surface area contributed by atoms with E-state index in [9.17, 15) is 13.9 Å². The Bertz CT molecular complexity index is 300. The Labute approximate surface area is 75.3 Å². The van der Waals surface area contributed by atoms with E-state index in [2.05, 4.69) is 0 Å². The van der Waals surface area contributed by atoms with Crippen molar-refractivity contribution in [1.29, 1.82) is 0 Å². The van der Waals surface area contributed by atoms with Crippen molar-refractivity contribution in [2.45, 2.75) is 13.0 Å². The van der Waals surface area contributed by atoms with Crippen molar-refractivity contribution in [3.05, 3.63) is 47.5 Å². The molecule has 1 atom stereocenters. The van der Waals surface area contributed by atoms with Crippen LogP contribution in [0, 0.1) is 11.6 Å². The Morgan fingerprint density at radius 2 is 1.85 bits per heavy atom. The molecular formula is C10H10F2O. The molecular weight excluding hydrogens is 174 g/mol. The molecule has 0 aliphatic carbocycles. The number of rotatable bonds is 2. The summed E-state index contributed by atoms with van der Waals surface area (Å²) in [5.41, 5.74) is -0.305. The van der Waals surface area contributed by atoms with Crippen LogP contribution in [0.3, 0.4) is 0 Å². The van der Waals surface area contributed by atoms with Gasteiger partial charge in [-0.25, -0.2) is 8.78 Å². The Hall–Kier alpha value is -1.22. The summed E-state index contributed by atoms with van der Waals surface area (Å²) in [6.07, 6.45) is 1.64. The standard InChI is InChI=1S/C10H10F2O/c1-2-4-9(13)10-7(11)5-3-6-8(10)12/h2-6,9,13H,1H3/b4-2+.